The summed E-state index contributed by atoms with van der Waals surface area (Å²) in [5.41, 5.74) is 0.0725. The van der Waals surface area contributed by atoms with Gasteiger partial charge in [-0.1, -0.05) is 0 Å². The lowest BCUT2D eigenvalue weighted by molar-refractivity contribution is 0.0696. The number of hydrogen-bond donors (Lipinski definition) is 4. The van der Waals surface area contributed by atoms with Gasteiger partial charge in [0.05, 0.1) is 23.9 Å². The molecule has 0 aliphatic carbocycles. The highest BCUT2D eigenvalue weighted by atomic mass is 16.5. The normalized spacial score (nSPS) is 11.7. The monoisotopic (exact) mass is 268 g/mol. The number of hydrogen-bond acceptors (Lipinski definition) is 4. The smallest absolute Gasteiger partial charge is 0.335 e. The van der Waals surface area contributed by atoms with E-state index < -0.39 is 12.0 Å². The maximum atomic E-state index is 11.6. The molecular formula is C12H16N2O5. The third kappa shape index (κ3) is 4.47. The Hall–Kier alpha value is -2.28. The Balaban J connectivity index is 2.67. The van der Waals surface area contributed by atoms with Crippen LogP contribution in [0.25, 0.3) is 0 Å². The molecule has 0 aliphatic heterocycles. The minimum absolute atomic E-state index is 0.0591. The second kappa shape index (κ2) is 6.60. The van der Waals surface area contributed by atoms with Gasteiger partial charge in [-0.15, -0.1) is 0 Å². The maximum absolute atomic E-state index is 11.6. The number of phenols is 1. The Morgan fingerprint density at radius 2 is 2.11 bits per heavy atom. The van der Waals surface area contributed by atoms with Crippen molar-refractivity contribution in [1.29, 1.82) is 0 Å². The number of aromatic carboxylic acids is 1. The Morgan fingerprint density at radius 1 is 1.42 bits per heavy atom. The van der Waals surface area contributed by atoms with E-state index in [2.05, 4.69) is 10.6 Å². The number of carbonyl (C=O) groups excluding carboxylic acids is 1. The Kier molecular flexibility index (Phi) is 5.13. The topological polar surface area (TPSA) is 108 Å². The molecule has 1 aromatic rings. The molecule has 1 rings (SSSR count). The molecule has 0 saturated heterocycles. The molecule has 7 nitrogen and oxygen atoms in total. The largest absolute Gasteiger partial charge is 0.506 e. The van der Waals surface area contributed by atoms with Crippen LogP contribution >= 0.6 is 0 Å². The summed E-state index contributed by atoms with van der Waals surface area (Å²) in [5, 5.41) is 23.3. The fraction of sp³-hybridized carbons (Fsp3) is 0.333. The number of phenolic OH excluding ortho intramolecular Hbond substituents is 1. The van der Waals surface area contributed by atoms with E-state index in [4.69, 9.17) is 9.84 Å². The lowest BCUT2D eigenvalue weighted by Crippen LogP contribution is -2.38. The minimum atomic E-state index is -1.15. The molecule has 0 bridgehead atoms. The minimum Gasteiger partial charge on any atom is -0.506 e. The van der Waals surface area contributed by atoms with Crippen LogP contribution in [0.15, 0.2) is 18.2 Å². The van der Waals surface area contributed by atoms with Crippen molar-refractivity contribution in [3.63, 3.8) is 0 Å². The number of methoxy groups -OCH3 is 1. The molecule has 19 heavy (non-hydrogen) atoms. The van der Waals surface area contributed by atoms with Gasteiger partial charge in [0.1, 0.15) is 5.75 Å². The van der Waals surface area contributed by atoms with Crippen LogP contribution in [0.3, 0.4) is 0 Å². The first-order valence-corrected chi connectivity index (χ1v) is 5.56. The molecule has 1 atom stereocenters. The van der Waals surface area contributed by atoms with Gasteiger partial charge >= 0.3 is 12.0 Å². The summed E-state index contributed by atoms with van der Waals surface area (Å²) in [6.45, 7) is 2.12. The summed E-state index contributed by atoms with van der Waals surface area (Å²) in [5.74, 6) is -1.46. The van der Waals surface area contributed by atoms with Crippen LogP contribution in [0, 0.1) is 0 Å². The zero-order valence-electron chi connectivity index (χ0n) is 10.6. The molecule has 2 amide bonds. The highest BCUT2D eigenvalue weighted by Crippen LogP contribution is 2.24. The zero-order chi connectivity index (χ0) is 14.4. The van der Waals surface area contributed by atoms with E-state index in [1.54, 1.807) is 6.92 Å². The number of urea groups is 1. The molecule has 1 unspecified atom stereocenters. The second-order valence-electron chi connectivity index (χ2n) is 3.99. The maximum Gasteiger partial charge on any atom is 0.335 e. The average molecular weight is 268 g/mol. The molecule has 0 aliphatic rings. The molecule has 0 heterocycles. The van der Waals surface area contributed by atoms with E-state index in [1.165, 1.54) is 19.2 Å². The number of nitrogens with one attached hydrogen (secondary N) is 2. The highest BCUT2D eigenvalue weighted by molar-refractivity contribution is 5.93. The van der Waals surface area contributed by atoms with Crippen molar-refractivity contribution in [2.75, 3.05) is 19.0 Å². The van der Waals surface area contributed by atoms with Crippen LogP contribution < -0.4 is 10.6 Å². The standard InChI is InChI=1S/C12H16N2O5/c1-7(6-19-2)13-12(18)14-9-4-3-8(11(16)17)5-10(9)15/h3-5,7,15H,6H2,1-2H3,(H,16,17)(H2,13,14,18). The number of ether oxygens (including phenoxy) is 1. The molecule has 4 N–H and O–H groups in total. The van der Waals surface area contributed by atoms with Crippen LogP contribution in [-0.4, -0.2) is 42.0 Å². The van der Waals surface area contributed by atoms with E-state index in [0.717, 1.165) is 6.07 Å². The Morgan fingerprint density at radius 3 is 2.63 bits per heavy atom. The van der Waals surface area contributed by atoms with Crippen molar-refractivity contribution in [1.82, 2.24) is 5.32 Å². The zero-order valence-corrected chi connectivity index (χ0v) is 10.6. The third-order valence-electron chi connectivity index (χ3n) is 2.29. The molecule has 0 saturated carbocycles. The van der Waals surface area contributed by atoms with E-state index in [-0.39, 0.29) is 23.0 Å². The number of carboxylic acid groups (broad SMARTS) is 1. The van der Waals surface area contributed by atoms with E-state index in [9.17, 15) is 14.7 Å². The van der Waals surface area contributed by atoms with Gasteiger partial charge in [0.2, 0.25) is 0 Å². The lowest BCUT2D eigenvalue weighted by Gasteiger charge is -2.14. The van der Waals surface area contributed by atoms with Crippen LogP contribution in [0.4, 0.5) is 10.5 Å². The number of carboxylic acids is 1. The summed E-state index contributed by atoms with van der Waals surface area (Å²) >= 11 is 0. The molecular weight excluding hydrogens is 252 g/mol. The predicted molar refractivity (Wildman–Crippen MR) is 68.6 cm³/mol. The molecule has 104 valence electrons. The number of rotatable bonds is 5. The Labute approximate surface area is 110 Å². The van der Waals surface area contributed by atoms with Gasteiger partial charge in [-0.3, -0.25) is 0 Å². The quantitative estimate of drug-likeness (QED) is 0.601. The number of anilines is 1. The summed E-state index contributed by atoms with van der Waals surface area (Å²) < 4.78 is 4.86. The molecule has 0 aromatic heterocycles. The number of benzene rings is 1. The molecule has 7 heteroatoms. The predicted octanol–water partition coefficient (Wildman–Crippen LogP) is 1.25. The van der Waals surface area contributed by atoms with Crippen molar-refractivity contribution in [2.24, 2.45) is 0 Å². The van der Waals surface area contributed by atoms with Crippen LogP contribution in [0.2, 0.25) is 0 Å². The highest BCUT2D eigenvalue weighted by Gasteiger charge is 2.11. The van der Waals surface area contributed by atoms with Crippen molar-refractivity contribution < 1.29 is 24.5 Å². The van der Waals surface area contributed by atoms with Gasteiger partial charge in [-0.2, -0.15) is 0 Å². The third-order valence-corrected chi connectivity index (χ3v) is 2.29. The summed E-state index contributed by atoms with van der Waals surface area (Å²) in [7, 11) is 1.52. The number of amides is 2. The lowest BCUT2D eigenvalue weighted by atomic mass is 10.2. The van der Waals surface area contributed by atoms with Crippen LogP contribution in [-0.2, 0) is 4.74 Å². The van der Waals surface area contributed by atoms with E-state index >= 15 is 0 Å². The van der Waals surface area contributed by atoms with Crippen LogP contribution in [0.1, 0.15) is 17.3 Å². The number of aromatic hydroxyl groups is 1. The molecule has 0 fully saturated rings. The van der Waals surface area contributed by atoms with Gasteiger partial charge < -0.3 is 25.6 Å². The SMILES string of the molecule is COCC(C)NC(=O)Nc1ccc(C(=O)O)cc1O. The first-order chi connectivity index (χ1) is 8.93. The van der Waals surface area contributed by atoms with Gasteiger partial charge in [0, 0.05) is 7.11 Å². The van der Waals surface area contributed by atoms with Crippen molar-refractivity contribution in [3.8, 4) is 5.75 Å². The summed E-state index contributed by atoms with van der Waals surface area (Å²) in [6.07, 6.45) is 0. The fourth-order valence-electron chi connectivity index (χ4n) is 1.44. The van der Waals surface area contributed by atoms with Gasteiger partial charge in [-0.25, -0.2) is 9.59 Å². The number of carbonyl (C=O) groups is 2. The van der Waals surface area contributed by atoms with Gasteiger partial charge in [-0.05, 0) is 25.1 Å². The first kappa shape index (κ1) is 14.8. The van der Waals surface area contributed by atoms with Crippen molar-refractivity contribution in [3.05, 3.63) is 23.8 Å². The Bertz CT molecular complexity index is 475. The first-order valence-electron chi connectivity index (χ1n) is 5.56. The second-order valence-corrected chi connectivity index (χ2v) is 3.99. The summed E-state index contributed by atoms with van der Waals surface area (Å²) in [4.78, 5) is 22.2. The van der Waals surface area contributed by atoms with Gasteiger partial charge in [0.15, 0.2) is 0 Å². The van der Waals surface area contributed by atoms with Gasteiger partial charge in [0.25, 0.3) is 0 Å². The molecule has 1 aromatic carbocycles. The fourth-order valence-corrected chi connectivity index (χ4v) is 1.44. The average Bonchev–Trinajstić information content (AvgIpc) is 2.31. The summed E-state index contributed by atoms with van der Waals surface area (Å²) in [6, 6.07) is 2.97. The van der Waals surface area contributed by atoms with E-state index in [1.807, 2.05) is 0 Å². The van der Waals surface area contributed by atoms with Crippen LogP contribution in [0.5, 0.6) is 5.75 Å². The van der Waals surface area contributed by atoms with Crippen molar-refractivity contribution in [2.45, 2.75) is 13.0 Å². The molecule has 0 radical (unpaired) electrons. The van der Waals surface area contributed by atoms with E-state index in [0.29, 0.717) is 6.61 Å². The molecule has 0 spiro atoms. The van der Waals surface area contributed by atoms with Crippen molar-refractivity contribution >= 4 is 17.7 Å².